The third kappa shape index (κ3) is 4.56. The summed E-state index contributed by atoms with van der Waals surface area (Å²) in [7, 11) is 0. The van der Waals surface area contributed by atoms with Crippen LogP contribution in [0, 0.1) is 0 Å². The van der Waals surface area contributed by atoms with E-state index in [1.54, 1.807) is 0 Å². The lowest BCUT2D eigenvalue weighted by molar-refractivity contribution is -0.124. The molecule has 5 rings (SSSR count). The van der Waals surface area contributed by atoms with Crippen molar-refractivity contribution in [2.75, 3.05) is 37.6 Å². The zero-order valence-corrected chi connectivity index (χ0v) is 22.3. The number of anilines is 1. The number of carbonyl (C=O) groups is 1. The Balaban J connectivity index is 1.62. The lowest BCUT2D eigenvalue weighted by Gasteiger charge is -2.37. The van der Waals surface area contributed by atoms with Crippen molar-refractivity contribution in [3.8, 4) is 0 Å². The molecule has 3 heterocycles. The van der Waals surface area contributed by atoms with Gasteiger partial charge in [0, 0.05) is 44.2 Å². The molecular formula is C27H34N4O2S2. The average molecular weight is 511 g/mol. The van der Waals surface area contributed by atoms with Gasteiger partial charge in [0.25, 0.3) is 11.5 Å². The van der Waals surface area contributed by atoms with Crippen LogP contribution in [0.1, 0.15) is 51.5 Å². The van der Waals surface area contributed by atoms with Crippen molar-refractivity contribution >= 4 is 56.9 Å². The Morgan fingerprint density at radius 3 is 2.40 bits per heavy atom. The van der Waals surface area contributed by atoms with Gasteiger partial charge in [-0.25, -0.2) is 0 Å². The van der Waals surface area contributed by atoms with Gasteiger partial charge in [-0.2, -0.15) is 0 Å². The first-order chi connectivity index (χ1) is 17.0. The summed E-state index contributed by atoms with van der Waals surface area (Å²) in [6, 6.07) is 8.34. The minimum atomic E-state index is -0.0398. The van der Waals surface area contributed by atoms with Gasteiger partial charge in [0.05, 0.1) is 21.7 Å². The van der Waals surface area contributed by atoms with Gasteiger partial charge in [-0.1, -0.05) is 68.4 Å². The molecule has 6 nitrogen and oxygen atoms in total. The lowest BCUT2D eigenvalue weighted by Crippen LogP contribution is -2.47. The summed E-state index contributed by atoms with van der Waals surface area (Å²) in [4.78, 5) is 34.6. The van der Waals surface area contributed by atoms with Gasteiger partial charge in [0.1, 0.15) is 4.32 Å². The van der Waals surface area contributed by atoms with E-state index in [0.29, 0.717) is 21.3 Å². The van der Waals surface area contributed by atoms with Crippen LogP contribution in [-0.2, 0) is 11.3 Å². The van der Waals surface area contributed by atoms with Crippen LogP contribution in [-0.4, -0.2) is 63.4 Å². The van der Waals surface area contributed by atoms with Crippen LogP contribution >= 0.6 is 24.0 Å². The Morgan fingerprint density at radius 1 is 1.00 bits per heavy atom. The molecule has 1 aliphatic carbocycles. The van der Waals surface area contributed by atoms with E-state index in [-0.39, 0.29) is 17.5 Å². The number of aromatic nitrogens is 1. The SMILES string of the molecule is CCN1CCN(c2c(C=C3SC(=S)N(C4CCCCC4)C3=O)c(=O)n(CC)c3ccccc23)CC1. The second-order valence-electron chi connectivity index (χ2n) is 9.59. The van der Waals surface area contributed by atoms with E-state index in [1.165, 1.54) is 18.2 Å². The van der Waals surface area contributed by atoms with E-state index in [9.17, 15) is 9.59 Å². The second-order valence-corrected chi connectivity index (χ2v) is 11.3. The van der Waals surface area contributed by atoms with Crippen LogP contribution in [0.25, 0.3) is 17.0 Å². The highest BCUT2D eigenvalue weighted by atomic mass is 32.2. The van der Waals surface area contributed by atoms with Gasteiger partial charge in [-0.3, -0.25) is 14.5 Å². The first-order valence-corrected chi connectivity index (χ1v) is 14.2. The molecule has 2 aliphatic heterocycles. The summed E-state index contributed by atoms with van der Waals surface area (Å²) >= 11 is 7.01. The fraction of sp³-hybridized carbons (Fsp3) is 0.519. The number of amides is 1. The molecule has 2 saturated heterocycles. The first kappa shape index (κ1) is 24.5. The molecule has 2 aromatic rings. The maximum atomic E-state index is 13.9. The number of para-hydroxylation sites is 1. The Labute approximate surface area is 216 Å². The smallest absolute Gasteiger partial charge is 0.266 e. The number of pyridine rings is 1. The minimum Gasteiger partial charge on any atom is -0.368 e. The monoisotopic (exact) mass is 510 g/mol. The quantitative estimate of drug-likeness (QED) is 0.429. The number of aryl methyl sites for hydroxylation is 1. The van der Waals surface area contributed by atoms with Crippen LogP contribution in [0.5, 0.6) is 0 Å². The standard InChI is InChI=1S/C27H34N4O2S2/c1-3-28-14-16-29(17-15-28)24-20-12-8-9-13-22(20)30(4-2)25(32)21(24)18-23-26(33)31(27(34)35-23)19-10-6-5-7-11-19/h8-9,12-13,18-19H,3-7,10-11,14-17H2,1-2H3. The van der Waals surface area contributed by atoms with Gasteiger partial charge in [0.15, 0.2) is 0 Å². The van der Waals surface area contributed by atoms with Gasteiger partial charge in [-0.05, 0) is 38.5 Å². The number of thiocarbonyl (C=S) groups is 1. The summed E-state index contributed by atoms with van der Waals surface area (Å²) in [5, 5.41) is 1.06. The topological polar surface area (TPSA) is 48.8 Å². The van der Waals surface area contributed by atoms with Gasteiger partial charge >= 0.3 is 0 Å². The highest BCUT2D eigenvalue weighted by Gasteiger charge is 2.38. The molecule has 1 saturated carbocycles. The summed E-state index contributed by atoms with van der Waals surface area (Å²) in [5.74, 6) is -0.0377. The van der Waals surface area contributed by atoms with Crippen molar-refractivity contribution in [2.24, 2.45) is 0 Å². The van der Waals surface area contributed by atoms with E-state index < -0.39 is 0 Å². The molecule has 0 spiro atoms. The average Bonchev–Trinajstić information content (AvgIpc) is 3.17. The van der Waals surface area contributed by atoms with Crippen LogP contribution < -0.4 is 10.5 Å². The lowest BCUT2D eigenvalue weighted by atomic mass is 9.94. The molecule has 0 radical (unpaired) electrons. The Kier molecular flexibility index (Phi) is 7.32. The van der Waals surface area contributed by atoms with Crippen molar-refractivity contribution in [3.05, 3.63) is 45.1 Å². The van der Waals surface area contributed by atoms with E-state index in [1.807, 2.05) is 40.7 Å². The molecule has 0 atom stereocenters. The third-order valence-electron chi connectivity index (χ3n) is 7.67. The Hall–Kier alpha value is -2.16. The summed E-state index contributed by atoms with van der Waals surface area (Å²) < 4.78 is 2.46. The molecule has 0 bridgehead atoms. The fourth-order valence-corrected chi connectivity index (χ4v) is 7.13. The van der Waals surface area contributed by atoms with Crippen molar-refractivity contribution < 1.29 is 4.79 Å². The number of hydrogen-bond acceptors (Lipinski definition) is 6. The van der Waals surface area contributed by atoms with Crippen LogP contribution in [0.4, 0.5) is 5.69 Å². The third-order valence-corrected chi connectivity index (χ3v) is 9.00. The number of rotatable bonds is 5. The van der Waals surface area contributed by atoms with Crippen LogP contribution in [0.15, 0.2) is 34.0 Å². The molecule has 0 N–H and O–H groups in total. The largest absolute Gasteiger partial charge is 0.368 e. The van der Waals surface area contributed by atoms with Gasteiger partial charge < -0.3 is 14.4 Å². The van der Waals surface area contributed by atoms with E-state index in [0.717, 1.165) is 75.0 Å². The number of benzene rings is 1. The predicted molar refractivity (Wildman–Crippen MR) is 150 cm³/mol. The number of hydrogen-bond donors (Lipinski definition) is 0. The molecule has 1 amide bonds. The highest BCUT2D eigenvalue weighted by Crippen LogP contribution is 2.39. The number of nitrogens with zero attached hydrogens (tertiary/aromatic N) is 4. The summed E-state index contributed by atoms with van der Waals surface area (Å²) in [5.41, 5.74) is 2.47. The molecule has 1 aromatic heterocycles. The summed E-state index contributed by atoms with van der Waals surface area (Å²) in [6.45, 7) is 9.44. The molecule has 3 aliphatic rings. The van der Waals surface area contributed by atoms with E-state index in [4.69, 9.17) is 12.2 Å². The normalized spacial score (nSPS) is 21.6. The Bertz CT molecular complexity index is 1220. The second kappa shape index (κ2) is 10.4. The number of carbonyl (C=O) groups excluding carboxylic acids is 1. The van der Waals surface area contributed by atoms with Crippen molar-refractivity contribution in [2.45, 2.75) is 58.5 Å². The maximum Gasteiger partial charge on any atom is 0.266 e. The minimum absolute atomic E-state index is 0.0377. The maximum absolute atomic E-state index is 13.9. The van der Waals surface area contributed by atoms with Crippen LogP contribution in [0.2, 0.25) is 0 Å². The zero-order chi connectivity index (χ0) is 24.5. The van der Waals surface area contributed by atoms with Crippen molar-refractivity contribution in [1.82, 2.24) is 14.4 Å². The van der Waals surface area contributed by atoms with Crippen molar-refractivity contribution in [1.29, 1.82) is 0 Å². The number of fused-ring (bicyclic) bond motifs is 1. The zero-order valence-electron chi connectivity index (χ0n) is 20.7. The van der Waals surface area contributed by atoms with E-state index in [2.05, 4.69) is 22.8 Å². The molecular weight excluding hydrogens is 476 g/mol. The molecule has 0 unspecified atom stereocenters. The molecule has 1 aromatic carbocycles. The number of likely N-dealkylation sites (N-methyl/N-ethyl adjacent to an activating group) is 1. The Morgan fingerprint density at radius 2 is 1.71 bits per heavy atom. The van der Waals surface area contributed by atoms with Gasteiger partial charge in [0.2, 0.25) is 0 Å². The molecule has 3 fully saturated rings. The molecule has 186 valence electrons. The van der Waals surface area contributed by atoms with Crippen LogP contribution in [0.3, 0.4) is 0 Å². The predicted octanol–water partition coefficient (Wildman–Crippen LogP) is 4.70. The number of thioether (sulfide) groups is 1. The molecule has 8 heteroatoms. The molecule has 35 heavy (non-hydrogen) atoms. The fourth-order valence-electron chi connectivity index (χ4n) is 5.75. The summed E-state index contributed by atoms with van der Waals surface area (Å²) in [6.07, 6.45) is 7.35. The highest BCUT2D eigenvalue weighted by molar-refractivity contribution is 8.26. The van der Waals surface area contributed by atoms with Crippen molar-refractivity contribution in [3.63, 3.8) is 0 Å². The number of piperazine rings is 1. The van der Waals surface area contributed by atoms with E-state index >= 15 is 0 Å². The first-order valence-electron chi connectivity index (χ1n) is 12.9. The van der Waals surface area contributed by atoms with Gasteiger partial charge in [-0.15, -0.1) is 0 Å².